The molecule has 1 amide bonds. The van der Waals surface area contributed by atoms with Gasteiger partial charge in [0.1, 0.15) is 6.33 Å². The predicted molar refractivity (Wildman–Crippen MR) is 114 cm³/mol. The second kappa shape index (κ2) is 8.12. The minimum atomic E-state index is -0.273. The molecule has 0 saturated heterocycles. The highest BCUT2D eigenvalue weighted by molar-refractivity contribution is 8.00. The van der Waals surface area contributed by atoms with Crippen LogP contribution in [0.15, 0.2) is 60.0 Å². The Hall–Kier alpha value is -2.71. The van der Waals surface area contributed by atoms with Gasteiger partial charge in [0.15, 0.2) is 5.16 Å². The molecular formula is C20H19N5OS2. The Balaban J connectivity index is 1.37. The monoisotopic (exact) mass is 409 g/mol. The predicted octanol–water partition coefficient (Wildman–Crippen LogP) is 4.13. The summed E-state index contributed by atoms with van der Waals surface area (Å²) in [7, 11) is 1.86. The van der Waals surface area contributed by atoms with Crippen molar-refractivity contribution in [3.05, 3.63) is 65.4 Å². The Morgan fingerprint density at radius 2 is 2.00 bits per heavy atom. The first-order chi connectivity index (χ1) is 13.6. The molecule has 28 heavy (non-hydrogen) atoms. The van der Waals surface area contributed by atoms with Crippen molar-refractivity contribution >= 4 is 44.9 Å². The van der Waals surface area contributed by atoms with E-state index in [4.69, 9.17) is 0 Å². The van der Waals surface area contributed by atoms with E-state index in [0.29, 0.717) is 5.16 Å². The molecule has 4 aromatic rings. The molecule has 0 spiro atoms. The highest BCUT2D eigenvalue weighted by Gasteiger charge is 2.17. The molecule has 0 aliphatic heterocycles. The van der Waals surface area contributed by atoms with Gasteiger partial charge in [-0.2, -0.15) is 0 Å². The molecule has 8 heteroatoms. The SMILES string of the molecule is C[C@H](Sc1nncn1C)C(=O)Nc1ccc(Cc2nc3ccccc3s2)cc1. The lowest BCUT2D eigenvalue weighted by molar-refractivity contribution is -0.115. The molecular weight excluding hydrogens is 390 g/mol. The second-order valence-electron chi connectivity index (χ2n) is 6.42. The topological polar surface area (TPSA) is 72.7 Å². The Labute approximate surface area is 171 Å². The first-order valence-corrected chi connectivity index (χ1v) is 10.5. The van der Waals surface area contributed by atoms with Crippen molar-refractivity contribution < 1.29 is 4.79 Å². The zero-order valence-electron chi connectivity index (χ0n) is 15.5. The van der Waals surface area contributed by atoms with E-state index in [9.17, 15) is 4.79 Å². The molecule has 1 N–H and O–H groups in total. The van der Waals surface area contributed by atoms with Crippen LogP contribution in [-0.2, 0) is 18.3 Å². The third-order valence-corrected chi connectivity index (χ3v) is 6.42. The molecule has 142 valence electrons. The minimum absolute atomic E-state index is 0.0630. The van der Waals surface area contributed by atoms with Gasteiger partial charge in [-0.3, -0.25) is 4.79 Å². The zero-order valence-corrected chi connectivity index (χ0v) is 17.1. The van der Waals surface area contributed by atoms with E-state index in [1.165, 1.54) is 22.0 Å². The number of anilines is 1. The van der Waals surface area contributed by atoms with Crippen LogP contribution in [0.5, 0.6) is 0 Å². The number of benzene rings is 2. The Kier molecular flexibility index (Phi) is 5.40. The second-order valence-corrected chi connectivity index (χ2v) is 8.85. The number of aryl methyl sites for hydroxylation is 1. The number of thiazole rings is 1. The summed E-state index contributed by atoms with van der Waals surface area (Å²) in [6.07, 6.45) is 2.41. The number of hydrogen-bond donors (Lipinski definition) is 1. The molecule has 0 aliphatic carbocycles. The molecule has 0 saturated carbocycles. The van der Waals surface area contributed by atoms with Crippen LogP contribution in [0.1, 0.15) is 17.5 Å². The molecule has 0 aliphatic rings. The molecule has 2 aromatic heterocycles. The molecule has 6 nitrogen and oxygen atoms in total. The van der Waals surface area contributed by atoms with Crippen molar-refractivity contribution in [1.29, 1.82) is 0 Å². The van der Waals surface area contributed by atoms with Crippen molar-refractivity contribution in [2.45, 2.75) is 23.8 Å². The number of carbonyl (C=O) groups excluding carboxylic acids is 1. The fourth-order valence-corrected chi connectivity index (χ4v) is 4.50. The molecule has 0 bridgehead atoms. The van der Waals surface area contributed by atoms with Crippen molar-refractivity contribution in [2.75, 3.05) is 5.32 Å². The van der Waals surface area contributed by atoms with E-state index < -0.39 is 0 Å². The van der Waals surface area contributed by atoms with Crippen LogP contribution in [0.4, 0.5) is 5.69 Å². The number of para-hydroxylation sites is 1. The third-order valence-electron chi connectivity index (χ3n) is 4.24. The number of thioether (sulfide) groups is 1. The van der Waals surface area contributed by atoms with Crippen molar-refractivity contribution in [3.8, 4) is 0 Å². The van der Waals surface area contributed by atoms with E-state index in [0.717, 1.165) is 22.6 Å². The summed E-state index contributed by atoms with van der Waals surface area (Å²) in [5.41, 5.74) is 2.99. The average Bonchev–Trinajstić information content (AvgIpc) is 3.28. The van der Waals surface area contributed by atoms with Gasteiger partial charge < -0.3 is 9.88 Å². The molecule has 2 heterocycles. The van der Waals surface area contributed by atoms with Gasteiger partial charge in [0.05, 0.1) is 20.5 Å². The lowest BCUT2D eigenvalue weighted by Gasteiger charge is -2.11. The van der Waals surface area contributed by atoms with Crippen LogP contribution in [0, 0.1) is 0 Å². The molecule has 0 radical (unpaired) electrons. The standard InChI is InChI=1S/C20H19N5OS2/c1-13(27-20-24-21-12-25(20)2)19(26)22-15-9-7-14(8-10-15)11-18-23-16-5-3-4-6-17(16)28-18/h3-10,12-13H,11H2,1-2H3,(H,22,26)/t13-/m0/s1. The number of hydrogen-bond acceptors (Lipinski definition) is 6. The summed E-state index contributed by atoms with van der Waals surface area (Å²) >= 11 is 3.10. The summed E-state index contributed by atoms with van der Waals surface area (Å²) < 4.78 is 3.00. The highest BCUT2D eigenvalue weighted by atomic mass is 32.2. The number of aromatic nitrogens is 4. The van der Waals surface area contributed by atoms with Gasteiger partial charge in [0.2, 0.25) is 5.91 Å². The van der Waals surface area contributed by atoms with Gasteiger partial charge in [-0.05, 0) is 36.8 Å². The van der Waals surface area contributed by atoms with Crippen LogP contribution >= 0.6 is 23.1 Å². The average molecular weight is 410 g/mol. The normalized spacial score (nSPS) is 12.2. The minimum Gasteiger partial charge on any atom is -0.325 e. The summed E-state index contributed by atoms with van der Waals surface area (Å²) in [6.45, 7) is 1.86. The maximum atomic E-state index is 12.4. The molecule has 2 aromatic carbocycles. The smallest absolute Gasteiger partial charge is 0.237 e. The van der Waals surface area contributed by atoms with E-state index >= 15 is 0 Å². The Bertz CT molecular complexity index is 1070. The summed E-state index contributed by atoms with van der Waals surface area (Å²) in [6, 6.07) is 16.1. The fraction of sp³-hybridized carbons (Fsp3) is 0.200. The Morgan fingerprint density at radius 1 is 1.21 bits per heavy atom. The van der Waals surface area contributed by atoms with Crippen molar-refractivity contribution in [3.63, 3.8) is 0 Å². The van der Waals surface area contributed by atoms with E-state index in [1.54, 1.807) is 22.2 Å². The van der Waals surface area contributed by atoms with Gasteiger partial charge in [0, 0.05) is 19.2 Å². The van der Waals surface area contributed by atoms with Gasteiger partial charge in [-0.1, -0.05) is 36.0 Å². The Morgan fingerprint density at radius 3 is 2.71 bits per heavy atom. The van der Waals surface area contributed by atoms with E-state index in [1.807, 2.05) is 56.4 Å². The molecule has 4 rings (SSSR count). The van der Waals surface area contributed by atoms with Crippen LogP contribution in [0.2, 0.25) is 0 Å². The summed E-state index contributed by atoms with van der Waals surface area (Å²) in [5.74, 6) is -0.0630. The lowest BCUT2D eigenvalue weighted by atomic mass is 10.1. The van der Waals surface area contributed by atoms with Crippen LogP contribution < -0.4 is 5.32 Å². The van der Waals surface area contributed by atoms with Crippen molar-refractivity contribution in [1.82, 2.24) is 19.7 Å². The van der Waals surface area contributed by atoms with E-state index in [2.05, 4.69) is 26.6 Å². The fourth-order valence-electron chi connectivity index (χ4n) is 2.71. The van der Waals surface area contributed by atoms with Gasteiger partial charge >= 0.3 is 0 Å². The summed E-state index contributed by atoms with van der Waals surface area (Å²) in [5, 5.41) is 12.3. The van der Waals surface area contributed by atoms with Gasteiger partial charge in [-0.15, -0.1) is 21.5 Å². The largest absolute Gasteiger partial charge is 0.325 e. The quantitative estimate of drug-likeness (QED) is 0.485. The van der Waals surface area contributed by atoms with E-state index in [-0.39, 0.29) is 11.2 Å². The highest BCUT2D eigenvalue weighted by Crippen LogP contribution is 2.25. The van der Waals surface area contributed by atoms with Crippen LogP contribution in [-0.4, -0.2) is 30.9 Å². The molecule has 1 atom stereocenters. The number of amides is 1. The summed E-state index contributed by atoms with van der Waals surface area (Å²) in [4.78, 5) is 17.1. The number of rotatable bonds is 6. The molecule has 0 fully saturated rings. The number of carbonyl (C=O) groups is 1. The first kappa shape index (κ1) is 18.6. The third kappa shape index (κ3) is 4.23. The molecule has 0 unspecified atom stereocenters. The maximum absolute atomic E-state index is 12.4. The van der Waals surface area contributed by atoms with Gasteiger partial charge in [-0.25, -0.2) is 4.98 Å². The number of nitrogens with one attached hydrogen (secondary N) is 1. The van der Waals surface area contributed by atoms with Crippen molar-refractivity contribution in [2.24, 2.45) is 7.05 Å². The van der Waals surface area contributed by atoms with Gasteiger partial charge in [0.25, 0.3) is 0 Å². The van der Waals surface area contributed by atoms with Crippen LogP contribution in [0.3, 0.4) is 0 Å². The zero-order chi connectivity index (χ0) is 19.5. The lowest BCUT2D eigenvalue weighted by Crippen LogP contribution is -2.22. The first-order valence-electron chi connectivity index (χ1n) is 8.83. The number of nitrogens with zero attached hydrogens (tertiary/aromatic N) is 4. The maximum Gasteiger partial charge on any atom is 0.237 e. The number of fused-ring (bicyclic) bond motifs is 1. The van der Waals surface area contributed by atoms with Crippen LogP contribution in [0.25, 0.3) is 10.2 Å².